The largest absolute Gasteiger partial charge is 0.146 e. The summed E-state index contributed by atoms with van der Waals surface area (Å²) in [4.78, 5) is 2.38. The average Bonchev–Trinajstić information content (AvgIpc) is 2.93. The van der Waals surface area contributed by atoms with Gasteiger partial charge in [0.1, 0.15) is 5.38 Å². The molecule has 3 rings (SSSR count). The molecular weight excluding hydrogens is 336 g/mol. The van der Waals surface area contributed by atoms with Crippen molar-refractivity contribution in [1.82, 2.24) is 0 Å². The summed E-state index contributed by atoms with van der Waals surface area (Å²) in [6.45, 7) is 0. The molecule has 0 fully saturated rings. The molecule has 0 bridgehead atoms. The summed E-state index contributed by atoms with van der Waals surface area (Å²) in [5.74, 6) is 0. The van der Waals surface area contributed by atoms with Crippen molar-refractivity contribution < 1.29 is 0 Å². The summed E-state index contributed by atoms with van der Waals surface area (Å²) in [5, 5.41) is 3.27. The summed E-state index contributed by atoms with van der Waals surface area (Å²) in [7, 11) is 0. The van der Waals surface area contributed by atoms with Crippen molar-refractivity contribution in [3.63, 3.8) is 0 Å². The van der Waals surface area contributed by atoms with Crippen LogP contribution in [0.3, 0.4) is 0 Å². The van der Waals surface area contributed by atoms with E-state index in [1.807, 2.05) is 6.07 Å². The van der Waals surface area contributed by atoms with E-state index >= 15 is 0 Å². The van der Waals surface area contributed by atoms with Gasteiger partial charge < -0.3 is 0 Å². The zero-order valence-electron chi connectivity index (χ0n) is 8.69. The number of alkyl halides is 1. The number of benzene rings is 1. The third-order valence-corrected chi connectivity index (χ3v) is 6.40. The van der Waals surface area contributed by atoms with E-state index < -0.39 is 0 Å². The zero-order chi connectivity index (χ0) is 11.8. The molecule has 0 saturated heterocycles. The highest BCUT2D eigenvalue weighted by atomic mass is 79.9. The van der Waals surface area contributed by atoms with Gasteiger partial charge in [-0.25, -0.2) is 0 Å². The molecule has 0 aliphatic carbocycles. The Morgan fingerprint density at radius 3 is 2.71 bits per heavy atom. The summed E-state index contributed by atoms with van der Waals surface area (Å²) < 4.78 is 2.39. The van der Waals surface area contributed by atoms with E-state index in [9.17, 15) is 0 Å². The minimum atomic E-state index is -0.0539. The smallest absolute Gasteiger partial charge is 0.103 e. The third-order valence-electron chi connectivity index (χ3n) is 2.57. The molecule has 1 aromatic carbocycles. The standard InChI is InChI=1S/C13H8BrClS2/c14-9-5-6-16-13(9)12(15)11-7-8-3-1-2-4-10(8)17-11/h1-7,12H. The third kappa shape index (κ3) is 2.17. The second kappa shape index (κ2) is 4.73. The van der Waals surface area contributed by atoms with Crippen LogP contribution in [0, 0.1) is 0 Å². The Labute approximate surface area is 121 Å². The van der Waals surface area contributed by atoms with E-state index in [1.54, 1.807) is 22.7 Å². The van der Waals surface area contributed by atoms with Crippen LogP contribution in [0.15, 0.2) is 46.3 Å². The molecule has 1 atom stereocenters. The van der Waals surface area contributed by atoms with Gasteiger partial charge in [0.25, 0.3) is 0 Å². The maximum Gasteiger partial charge on any atom is 0.103 e. The Hall–Kier alpha value is -0.350. The van der Waals surface area contributed by atoms with E-state index in [0.29, 0.717) is 0 Å². The van der Waals surface area contributed by atoms with Crippen LogP contribution in [0.4, 0.5) is 0 Å². The molecule has 0 N–H and O–H groups in total. The van der Waals surface area contributed by atoms with Crippen LogP contribution in [0.2, 0.25) is 0 Å². The van der Waals surface area contributed by atoms with Crippen molar-refractivity contribution in [3.8, 4) is 0 Å². The molecule has 0 aliphatic heterocycles. The second-order valence-corrected chi connectivity index (χ2v) is 7.04. The predicted octanol–water partition coefficient (Wildman–Crippen LogP) is 6.05. The maximum atomic E-state index is 6.54. The lowest BCUT2D eigenvalue weighted by Gasteiger charge is -2.04. The Bertz CT molecular complexity index is 623. The van der Waals surface area contributed by atoms with Crippen molar-refractivity contribution in [3.05, 3.63) is 56.0 Å². The number of rotatable bonds is 2. The SMILES string of the molecule is ClC(c1cc2ccccc2s1)c1sccc1Br. The van der Waals surface area contributed by atoms with Crippen LogP contribution >= 0.6 is 50.2 Å². The summed E-state index contributed by atoms with van der Waals surface area (Å²) in [6.07, 6.45) is 0. The Morgan fingerprint density at radius 2 is 2.00 bits per heavy atom. The van der Waals surface area contributed by atoms with E-state index in [-0.39, 0.29) is 5.38 Å². The van der Waals surface area contributed by atoms with Gasteiger partial charge in [0.15, 0.2) is 0 Å². The Balaban J connectivity index is 2.07. The van der Waals surface area contributed by atoms with E-state index in [2.05, 4.69) is 51.6 Å². The molecule has 0 saturated carbocycles. The summed E-state index contributed by atoms with van der Waals surface area (Å²) in [6, 6.07) is 12.6. The molecule has 86 valence electrons. The lowest BCUT2D eigenvalue weighted by molar-refractivity contribution is 1.23. The fourth-order valence-electron chi connectivity index (χ4n) is 1.74. The highest BCUT2D eigenvalue weighted by Gasteiger charge is 2.17. The minimum absolute atomic E-state index is 0.0539. The van der Waals surface area contributed by atoms with E-state index in [1.165, 1.54) is 19.8 Å². The number of hydrogen-bond acceptors (Lipinski definition) is 2. The first-order chi connectivity index (χ1) is 8.25. The second-order valence-electron chi connectivity index (χ2n) is 3.68. The lowest BCUT2D eigenvalue weighted by Crippen LogP contribution is -1.85. The molecule has 4 heteroatoms. The Kier molecular flexibility index (Phi) is 3.26. The van der Waals surface area contributed by atoms with Crippen LogP contribution in [-0.4, -0.2) is 0 Å². The van der Waals surface area contributed by atoms with E-state index in [4.69, 9.17) is 11.6 Å². The molecule has 0 radical (unpaired) electrons. The highest BCUT2D eigenvalue weighted by Crippen LogP contribution is 2.41. The number of hydrogen-bond donors (Lipinski definition) is 0. The fourth-order valence-corrected chi connectivity index (χ4v) is 5.06. The Morgan fingerprint density at radius 1 is 1.18 bits per heavy atom. The molecule has 2 heterocycles. The van der Waals surface area contributed by atoms with Crippen LogP contribution in [0.1, 0.15) is 15.1 Å². The van der Waals surface area contributed by atoms with Crippen LogP contribution < -0.4 is 0 Å². The van der Waals surface area contributed by atoms with Gasteiger partial charge >= 0.3 is 0 Å². The molecule has 2 aromatic heterocycles. The molecule has 0 amide bonds. The normalized spacial score (nSPS) is 13.1. The fraction of sp³-hybridized carbons (Fsp3) is 0.0769. The van der Waals surface area contributed by atoms with Gasteiger partial charge in [0.2, 0.25) is 0 Å². The first kappa shape index (κ1) is 11.7. The van der Waals surface area contributed by atoms with Gasteiger partial charge in [-0.05, 0) is 44.9 Å². The molecule has 0 spiro atoms. The van der Waals surface area contributed by atoms with Gasteiger partial charge in [0.05, 0.1) is 0 Å². The highest BCUT2D eigenvalue weighted by molar-refractivity contribution is 9.10. The van der Waals surface area contributed by atoms with Gasteiger partial charge in [-0.2, -0.15) is 0 Å². The van der Waals surface area contributed by atoms with Crippen molar-refractivity contribution >= 4 is 60.3 Å². The average molecular weight is 344 g/mol. The topological polar surface area (TPSA) is 0 Å². The van der Waals surface area contributed by atoms with Gasteiger partial charge in [0, 0.05) is 18.9 Å². The van der Waals surface area contributed by atoms with Crippen LogP contribution in [0.5, 0.6) is 0 Å². The van der Waals surface area contributed by atoms with Gasteiger partial charge in [-0.3, -0.25) is 0 Å². The van der Waals surface area contributed by atoms with Crippen molar-refractivity contribution in [2.24, 2.45) is 0 Å². The summed E-state index contributed by atoms with van der Waals surface area (Å²) >= 11 is 13.5. The number of halogens is 2. The quantitative estimate of drug-likeness (QED) is 0.497. The molecular formula is C13H8BrClS2. The molecule has 3 aromatic rings. The molecule has 0 aliphatic rings. The van der Waals surface area contributed by atoms with Crippen molar-refractivity contribution in [2.75, 3.05) is 0 Å². The minimum Gasteiger partial charge on any atom is -0.146 e. The van der Waals surface area contributed by atoms with Crippen LogP contribution in [-0.2, 0) is 0 Å². The van der Waals surface area contributed by atoms with Crippen LogP contribution in [0.25, 0.3) is 10.1 Å². The maximum absolute atomic E-state index is 6.54. The molecule has 17 heavy (non-hydrogen) atoms. The number of thiophene rings is 2. The zero-order valence-corrected chi connectivity index (χ0v) is 12.7. The lowest BCUT2D eigenvalue weighted by atomic mass is 10.2. The monoisotopic (exact) mass is 342 g/mol. The first-order valence-electron chi connectivity index (χ1n) is 5.11. The van der Waals surface area contributed by atoms with E-state index in [0.717, 1.165) is 4.47 Å². The number of fused-ring (bicyclic) bond motifs is 1. The predicted molar refractivity (Wildman–Crippen MR) is 81.5 cm³/mol. The van der Waals surface area contributed by atoms with Gasteiger partial charge in [-0.15, -0.1) is 34.3 Å². The van der Waals surface area contributed by atoms with Crippen molar-refractivity contribution in [1.29, 1.82) is 0 Å². The summed E-state index contributed by atoms with van der Waals surface area (Å²) in [5.41, 5.74) is 0. The first-order valence-corrected chi connectivity index (χ1v) is 8.03. The van der Waals surface area contributed by atoms with Crippen molar-refractivity contribution in [2.45, 2.75) is 5.38 Å². The van der Waals surface area contributed by atoms with Gasteiger partial charge in [-0.1, -0.05) is 18.2 Å². The molecule has 1 unspecified atom stereocenters. The molecule has 0 nitrogen and oxygen atoms in total.